The molecule has 2 aromatic heterocycles. The van der Waals surface area contributed by atoms with Crippen LogP contribution < -0.4 is 0 Å². The SMILES string of the molecule is C/C=C/Cn1ccnc1-c1cccs1. The van der Waals surface area contributed by atoms with Gasteiger partial charge in [-0.15, -0.1) is 11.3 Å². The topological polar surface area (TPSA) is 17.8 Å². The molecular weight excluding hydrogens is 192 g/mol. The fourth-order valence-corrected chi connectivity index (χ4v) is 2.04. The lowest BCUT2D eigenvalue weighted by atomic mass is 10.4. The molecule has 2 aromatic rings. The summed E-state index contributed by atoms with van der Waals surface area (Å²) in [7, 11) is 0. The van der Waals surface area contributed by atoms with E-state index in [0.29, 0.717) is 0 Å². The predicted molar refractivity (Wildman–Crippen MR) is 60.4 cm³/mol. The molecule has 0 unspecified atom stereocenters. The third kappa shape index (κ3) is 1.77. The molecule has 0 fully saturated rings. The number of allylic oxidation sites excluding steroid dienone is 2. The normalized spacial score (nSPS) is 11.2. The third-order valence-electron chi connectivity index (χ3n) is 1.99. The number of rotatable bonds is 3. The number of imidazole rings is 1. The summed E-state index contributed by atoms with van der Waals surface area (Å²) in [6.45, 7) is 2.92. The Kier molecular flexibility index (Phi) is 2.79. The van der Waals surface area contributed by atoms with Crippen LogP contribution in [0, 0.1) is 0 Å². The summed E-state index contributed by atoms with van der Waals surface area (Å²) in [5.41, 5.74) is 0. The van der Waals surface area contributed by atoms with Crippen LogP contribution in [0.1, 0.15) is 6.92 Å². The summed E-state index contributed by atoms with van der Waals surface area (Å²) in [5, 5.41) is 2.07. The van der Waals surface area contributed by atoms with Crippen LogP contribution in [0.15, 0.2) is 42.1 Å². The van der Waals surface area contributed by atoms with Crippen LogP contribution in [0.25, 0.3) is 10.7 Å². The van der Waals surface area contributed by atoms with Crippen LogP contribution in [0.3, 0.4) is 0 Å². The monoisotopic (exact) mass is 204 g/mol. The summed E-state index contributed by atoms with van der Waals surface area (Å²) in [5.74, 6) is 1.05. The van der Waals surface area contributed by atoms with Gasteiger partial charge < -0.3 is 4.57 Å². The fourth-order valence-electron chi connectivity index (χ4n) is 1.31. The molecule has 0 amide bonds. The lowest BCUT2D eigenvalue weighted by Crippen LogP contribution is -1.95. The summed E-state index contributed by atoms with van der Waals surface area (Å²) >= 11 is 1.72. The maximum Gasteiger partial charge on any atom is 0.150 e. The molecule has 0 saturated heterocycles. The van der Waals surface area contributed by atoms with Gasteiger partial charge >= 0.3 is 0 Å². The first-order chi connectivity index (χ1) is 6.92. The summed E-state index contributed by atoms with van der Waals surface area (Å²) in [6, 6.07) is 4.15. The molecular formula is C11H12N2S. The molecule has 0 atom stereocenters. The molecule has 2 heterocycles. The van der Waals surface area contributed by atoms with Crippen molar-refractivity contribution in [2.45, 2.75) is 13.5 Å². The van der Waals surface area contributed by atoms with Crippen LogP contribution in [0.4, 0.5) is 0 Å². The van der Waals surface area contributed by atoms with Gasteiger partial charge in [0.1, 0.15) is 5.82 Å². The zero-order valence-corrected chi connectivity index (χ0v) is 8.87. The Hall–Kier alpha value is -1.35. The molecule has 0 N–H and O–H groups in total. The largest absolute Gasteiger partial charge is 0.326 e. The maximum absolute atomic E-state index is 4.35. The van der Waals surface area contributed by atoms with Gasteiger partial charge in [-0.2, -0.15) is 0 Å². The van der Waals surface area contributed by atoms with Crippen LogP contribution in [-0.2, 0) is 6.54 Å². The first-order valence-corrected chi connectivity index (χ1v) is 5.46. The van der Waals surface area contributed by atoms with Gasteiger partial charge in [0.05, 0.1) is 4.88 Å². The van der Waals surface area contributed by atoms with Crippen LogP contribution in [0.2, 0.25) is 0 Å². The molecule has 14 heavy (non-hydrogen) atoms. The summed E-state index contributed by atoms with van der Waals surface area (Å²) in [4.78, 5) is 5.57. The Bertz CT molecular complexity index is 412. The van der Waals surface area contributed by atoms with E-state index in [4.69, 9.17) is 0 Å². The first-order valence-electron chi connectivity index (χ1n) is 4.58. The van der Waals surface area contributed by atoms with Crippen molar-refractivity contribution in [1.29, 1.82) is 0 Å². The molecule has 0 saturated carbocycles. The van der Waals surface area contributed by atoms with Crippen molar-refractivity contribution in [1.82, 2.24) is 9.55 Å². The molecule has 0 radical (unpaired) electrons. The lowest BCUT2D eigenvalue weighted by molar-refractivity contribution is 0.831. The highest BCUT2D eigenvalue weighted by Crippen LogP contribution is 2.22. The van der Waals surface area contributed by atoms with Crippen molar-refractivity contribution in [2.75, 3.05) is 0 Å². The number of hydrogen-bond acceptors (Lipinski definition) is 2. The number of hydrogen-bond donors (Lipinski definition) is 0. The Morgan fingerprint density at radius 1 is 1.57 bits per heavy atom. The average molecular weight is 204 g/mol. The summed E-state index contributed by atoms with van der Waals surface area (Å²) in [6.07, 6.45) is 8.03. The minimum Gasteiger partial charge on any atom is -0.326 e. The van der Waals surface area contributed by atoms with Crippen molar-refractivity contribution in [3.63, 3.8) is 0 Å². The Morgan fingerprint density at radius 2 is 2.50 bits per heavy atom. The average Bonchev–Trinajstić information content (AvgIpc) is 2.84. The van der Waals surface area contributed by atoms with Crippen molar-refractivity contribution in [3.05, 3.63) is 42.1 Å². The Morgan fingerprint density at radius 3 is 3.21 bits per heavy atom. The van der Waals surface area contributed by atoms with Gasteiger partial charge in [0, 0.05) is 18.9 Å². The Balaban J connectivity index is 2.30. The second-order valence-electron chi connectivity index (χ2n) is 2.95. The zero-order chi connectivity index (χ0) is 9.80. The smallest absolute Gasteiger partial charge is 0.150 e. The highest BCUT2D eigenvalue weighted by molar-refractivity contribution is 7.13. The third-order valence-corrected chi connectivity index (χ3v) is 2.86. The van der Waals surface area contributed by atoms with E-state index < -0.39 is 0 Å². The predicted octanol–water partition coefficient (Wildman–Crippen LogP) is 3.19. The van der Waals surface area contributed by atoms with Crippen LogP contribution >= 0.6 is 11.3 Å². The van der Waals surface area contributed by atoms with Crippen molar-refractivity contribution < 1.29 is 0 Å². The van der Waals surface area contributed by atoms with Crippen molar-refractivity contribution in [2.24, 2.45) is 0 Å². The van der Waals surface area contributed by atoms with E-state index in [0.717, 1.165) is 12.4 Å². The highest BCUT2D eigenvalue weighted by atomic mass is 32.1. The molecule has 2 rings (SSSR count). The lowest BCUT2D eigenvalue weighted by Gasteiger charge is -2.01. The molecule has 0 spiro atoms. The molecule has 0 aromatic carbocycles. The molecule has 72 valence electrons. The van der Waals surface area contributed by atoms with E-state index in [9.17, 15) is 0 Å². The van der Waals surface area contributed by atoms with Gasteiger partial charge in [0.2, 0.25) is 0 Å². The number of thiophene rings is 1. The van der Waals surface area contributed by atoms with Crippen LogP contribution in [0.5, 0.6) is 0 Å². The van der Waals surface area contributed by atoms with E-state index in [-0.39, 0.29) is 0 Å². The standard InChI is InChI=1S/C11H12N2S/c1-2-3-7-13-8-6-12-11(13)10-5-4-9-14-10/h2-6,8-9H,7H2,1H3/b3-2+. The first kappa shape index (κ1) is 9.21. The zero-order valence-electron chi connectivity index (χ0n) is 8.05. The second-order valence-corrected chi connectivity index (χ2v) is 3.90. The number of nitrogens with zero attached hydrogens (tertiary/aromatic N) is 2. The van der Waals surface area contributed by atoms with Gasteiger partial charge in [-0.3, -0.25) is 0 Å². The van der Waals surface area contributed by atoms with Crippen molar-refractivity contribution in [3.8, 4) is 10.7 Å². The van der Waals surface area contributed by atoms with E-state index in [1.54, 1.807) is 11.3 Å². The quantitative estimate of drug-likeness (QED) is 0.702. The van der Waals surface area contributed by atoms with Gasteiger partial charge in [-0.1, -0.05) is 18.2 Å². The van der Waals surface area contributed by atoms with Crippen LogP contribution in [-0.4, -0.2) is 9.55 Å². The summed E-state index contributed by atoms with van der Waals surface area (Å²) < 4.78 is 2.14. The van der Waals surface area contributed by atoms with E-state index in [1.807, 2.05) is 19.3 Å². The van der Waals surface area contributed by atoms with E-state index in [2.05, 4.69) is 39.2 Å². The fraction of sp³-hybridized carbons (Fsp3) is 0.182. The second kappa shape index (κ2) is 4.24. The Labute approximate surface area is 87.5 Å². The van der Waals surface area contributed by atoms with Gasteiger partial charge in [0.15, 0.2) is 0 Å². The van der Waals surface area contributed by atoms with E-state index >= 15 is 0 Å². The van der Waals surface area contributed by atoms with E-state index in [1.165, 1.54) is 4.88 Å². The van der Waals surface area contributed by atoms with Gasteiger partial charge in [-0.25, -0.2) is 4.98 Å². The highest BCUT2D eigenvalue weighted by Gasteiger charge is 2.04. The minimum absolute atomic E-state index is 0.893. The maximum atomic E-state index is 4.35. The molecule has 2 nitrogen and oxygen atoms in total. The molecule has 0 aliphatic carbocycles. The van der Waals surface area contributed by atoms with Gasteiger partial charge in [0.25, 0.3) is 0 Å². The molecule has 0 aliphatic heterocycles. The minimum atomic E-state index is 0.893. The number of aromatic nitrogens is 2. The molecule has 0 aliphatic rings. The molecule has 0 bridgehead atoms. The molecule has 3 heteroatoms. The van der Waals surface area contributed by atoms with Gasteiger partial charge in [-0.05, 0) is 18.4 Å². The van der Waals surface area contributed by atoms with Crippen molar-refractivity contribution >= 4 is 11.3 Å².